The Balaban J connectivity index is 1.82. The largest absolute Gasteiger partial charge is 0.360 e. The van der Waals surface area contributed by atoms with E-state index in [1.54, 1.807) is 6.07 Å². The maximum Gasteiger partial charge on any atom is 0.183 e. The molecule has 1 N–H and O–H groups in total. The average molecular weight is 323 g/mol. The fourth-order valence-electron chi connectivity index (χ4n) is 2.85. The number of ketones is 1. The van der Waals surface area contributed by atoms with E-state index >= 15 is 0 Å². The highest BCUT2D eigenvalue weighted by atomic mass is 16.5. The molecule has 0 unspecified atom stereocenters. The SMILES string of the molecule is Cc1ccc(-n2c(C)cc(C(=O)CNc3cc(C)on3)c2C)cc1. The molecule has 5 heteroatoms. The van der Waals surface area contributed by atoms with Crippen LogP contribution in [0.3, 0.4) is 0 Å². The molecular weight excluding hydrogens is 302 g/mol. The number of aromatic nitrogens is 2. The molecule has 0 saturated heterocycles. The molecular formula is C19H21N3O2. The predicted molar refractivity (Wildman–Crippen MR) is 94.0 cm³/mol. The average Bonchev–Trinajstić information content (AvgIpc) is 3.09. The molecule has 0 fully saturated rings. The van der Waals surface area contributed by atoms with Gasteiger partial charge in [-0.3, -0.25) is 4.79 Å². The number of carbonyl (C=O) groups excluding carboxylic acids is 1. The summed E-state index contributed by atoms with van der Waals surface area (Å²) in [7, 11) is 0. The minimum Gasteiger partial charge on any atom is -0.360 e. The number of nitrogens with one attached hydrogen (secondary N) is 1. The van der Waals surface area contributed by atoms with Crippen molar-refractivity contribution >= 4 is 11.6 Å². The van der Waals surface area contributed by atoms with Crippen LogP contribution in [0.5, 0.6) is 0 Å². The van der Waals surface area contributed by atoms with Crippen LogP contribution in [-0.2, 0) is 0 Å². The summed E-state index contributed by atoms with van der Waals surface area (Å²) < 4.78 is 7.09. The van der Waals surface area contributed by atoms with Crippen molar-refractivity contribution in [3.8, 4) is 5.69 Å². The molecule has 3 aromatic rings. The lowest BCUT2D eigenvalue weighted by molar-refractivity contribution is 0.101. The summed E-state index contributed by atoms with van der Waals surface area (Å²) in [4.78, 5) is 12.6. The zero-order chi connectivity index (χ0) is 17.3. The molecule has 0 radical (unpaired) electrons. The second kappa shape index (κ2) is 6.35. The summed E-state index contributed by atoms with van der Waals surface area (Å²) in [6.07, 6.45) is 0. The Bertz CT molecular complexity index is 873. The van der Waals surface area contributed by atoms with E-state index < -0.39 is 0 Å². The summed E-state index contributed by atoms with van der Waals surface area (Å²) >= 11 is 0. The van der Waals surface area contributed by atoms with E-state index in [0.29, 0.717) is 11.6 Å². The molecule has 2 heterocycles. The molecule has 0 aliphatic carbocycles. The Kier molecular flexibility index (Phi) is 4.25. The second-order valence-corrected chi connectivity index (χ2v) is 6.06. The Morgan fingerprint density at radius 1 is 1.12 bits per heavy atom. The van der Waals surface area contributed by atoms with Crippen LogP contribution in [0.1, 0.15) is 33.1 Å². The van der Waals surface area contributed by atoms with Crippen LogP contribution in [0.15, 0.2) is 40.9 Å². The van der Waals surface area contributed by atoms with Crippen molar-refractivity contribution in [2.45, 2.75) is 27.7 Å². The summed E-state index contributed by atoms with van der Waals surface area (Å²) in [6.45, 7) is 8.04. The molecule has 0 aliphatic rings. The minimum atomic E-state index is 0.0297. The maximum atomic E-state index is 12.6. The molecule has 0 saturated carbocycles. The molecule has 124 valence electrons. The molecule has 0 aliphatic heterocycles. The van der Waals surface area contributed by atoms with Crippen LogP contribution < -0.4 is 5.32 Å². The molecule has 0 amide bonds. The van der Waals surface area contributed by atoms with Crippen LogP contribution in [0, 0.1) is 27.7 Å². The van der Waals surface area contributed by atoms with Crippen LogP contribution in [0.2, 0.25) is 0 Å². The molecule has 1 aromatic carbocycles. The summed E-state index contributed by atoms with van der Waals surface area (Å²) in [6, 6.07) is 12.0. The lowest BCUT2D eigenvalue weighted by atomic mass is 10.1. The van der Waals surface area contributed by atoms with Gasteiger partial charge in [-0.15, -0.1) is 0 Å². The molecule has 0 bridgehead atoms. The molecule has 0 atom stereocenters. The van der Waals surface area contributed by atoms with Crippen molar-refractivity contribution in [1.82, 2.24) is 9.72 Å². The van der Waals surface area contributed by atoms with E-state index in [2.05, 4.69) is 46.2 Å². The van der Waals surface area contributed by atoms with Crippen molar-refractivity contribution in [1.29, 1.82) is 0 Å². The lowest BCUT2D eigenvalue weighted by Crippen LogP contribution is -2.15. The smallest absolute Gasteiger partial charge is 0.183 e. The predicted octanol–water partition coefficient (Wildman–Crippen LogP) is 3.99. The first-order valence-corrected chi connectivity index (χ1v) is 7.92. The van der Waals surface area contributed by atoms with Crippen molar-refractivity contribution in [3.63, 3.8) is 0 Å². The Morgan fingerprint density at radius 2 is 1.83 bits per heavy atom. The third-order valence-corrected chi connectivity index (χ3v) is 4.08. The van der Waals surface area contributed by atoms with Crippen molar-refractivity contribution in [2.75, 3.05) is 11.9 Å². The highest BCUT2D eigenvalue weighted by molar-refractivity contribution is 6.00. The number of carbonyl (C=O) groups is 1. The Hall–Kier alpha value is -2.82. The van der Waals surface area contributed by atoms with Crippen LogP contribution in [0.25, 0.3) is 5.69 Å². The first-order chi connectivity index (χ1) is 11.5. The highest BCUT2D eigenvalue weighted by Crippen LogP contribution is 2.21. The van der Waals surface area contributed by atoms with Gasteiger partial charge < -0.3 is 14.4 Å². The maximum absolute atomic E-state index is 12.6. The topological polar surface area (TPSA) is 60.1 Å². The Labute approximate surface area is 141 Å². The number of nitrogens with zero attached hydrogens (tertiary/aromatic N) is 2. The van der Waals surface area contributed by atoms with Gasteiger partial charge in [-0.05, 0) is 45.9 Å². The third kappa shape index (κ3) is 3.11. The zero-order valence-electron chi connectivity index (χ0n) is 14.4. The van der Waals surface area contributed by atoms with Crippen molar-refractivity contribution in [3.05, 3.63) is 64.7 Å². The first-order valence-electron chi connectivity index (χ1n) is 7.92. The van der Waals surface area contributed by atoms with E-state index in [1.165, 1.54) is 5.56 Å². The fraction of sp³-hybridized carbons (Fsp3) is 0.263. The molecule has 2 aromatic heterocycles. The van der Waals surface area contributed by atoms with Gasteiger partial charge in [-0.2, -0.15) is 0 Å². The molecule has 24 heavy (non-hydrogen) atoms. The number of benzene rings is 1. The van der Waals surface area contributed by atoms with Crippen molar-refractivity contribution < 1.29 is 9.32 Å². The van der Waals surface area contributed by atoms with Crippen LogP contribution >= 0.6 is 0 Å². The first kappa shape index (κ1) is 16.1. The van der Waals surface area contributed by atoms with Crippen LogP contribution in [0.4, 0.5) is 5.82 Å². The van der Waals surface area contributed by atoms with E-state index in [0.717, 1.165) is 22.6 Å². The Morgan fingerprint density at radius 3 is 2.46 bits per heavy atom. The lowest BCUT2D eigenvalue weighted by Gasteiger charge is -2.10. The van der Waals surface area contributed by atoms with E-state index in [-0.39, 0.29) is 12.3 Å². The molecule has 3 rings (SSSR count). The quantitative estimate of drug-likeness (QED) is 0.721. The molecule has 0 spiro atoms. The van der Waals surface area contributed by atoms with Gasteiger partial charge >= 0.3 is 0 Å². The fourth-order valence-corrected chi connectivity index (χ4v) is 2.85. The normalized spacial score (nSPS) is 10.8. The third-order valence-electron chi connectivity index (χ3n) is 4.08. The van der Waals surface area contributed by atoms with Gasteiger partial charge in [-0.25, -0.2) is 0 Å². The van der Waals surface area contributed by atoms with Gasteiger partial charge in [0.05, 0.1) is 6.54 Å². The second-order valence-electron chi connectivity index (χ2n) is 6.06. The minimum absolute atomic E-state index is 0.0297. The van der Waals surface area contributed by atoms with Gasteiger partial charge in [0.15, 0.2) is 11.6 Å². The number of hydrogen-bond acceptors (Lipinski definition) is 4. The van der Waals surface area contributed by atoms with E-state index in [9.17, 15) is 4.79 Å². The van der Waals surface area contributed by atoms with Gasteiger partial charge in [0.25, 0.3) is 0 Å². The van der Waals surface area contributed by atoms with Gasteiger partial charge in [0.1, 0.15) is 5.76 Å². The van der Waals surface area contributed by atoms with Gasteiger partial charge in [0, 0.05) is 28.7 Å². The number of aryl methyl sites for hydroxylation is 3. The van der Waals surface area contributed by atoms with Crippen molar-refractivity contribution in [2.24, 2.45) is 0 Å². The monoisotopic (exact) mass is 323 g/mol. The van der Waals surface area contributed by atoms with Gasteiger partial charge in [-0.1, -0.05) is 22.9 Å². The van der Waals surface area contributed by atoms with Crippen LogP contribution in [-0.4, -0.2) is 22.1 Å². The summed E-state index contributed by atoms with van der Waals surface area (Å²) in [5.74, 6) is 1.32. The van der Waals surface area contributed by atoms with Gasteiger partial charge in [0.2, 0.25) is 0 Å². The number of rotatable bonds is 5. The number of Topliss-reactive ketones (excluding diaryl/α,β-unsaturated/α-hetero) is 1. The van der Waals surface area contributed by atoms with E-state index in [4.69, 9.17) is 4.52 Å². The standard InChI is InChI=1S/C19H21N3O2/c1-12-5-7-16(8-6-12)22-13(2)9-17(15(22)4)18(23)11-20-19-10-14(3)24-21-19/h5-10H,11H2,1-4H3,(H,20,21). The highest BCUT2D eigenvalue weighted by Gasteiger charge is 2.16. The number of anilines is 1. The zero-order valence-corrected chi connectivity index (χ0v) is 14.4. The molecule has 5 nitrogen and oxygen atoms in total. The number of hydrogen-bond donors (Lipinski definition) is 1. The summed E-state index contributed by atoms with van der Waals surface area (Å²) in [5.41, 5.74) is 4.98. The summed E-state index contributed by atoms with van der Waals surface area (Å²) in [5, 5.41) is 6.84. The van der Waals surface area contributed by atoms with E-state index in [1.807, 2.05) is 26.8 Å².